The Kier molecular flexibility index (Phi) is 3.87. The topological polar surface area (TPSA) is 68.3 Å². The molecule has 0 spiro atoms. The van der Waals surface area contributed by atoms with Crippen molar-refractivity contribution in [1.29, 1.82) is 0 Å². The van der Waals surface area contributed by atoms with E-state index in [2.05, 4.69) is 5.10 Å². The van der Waals surface area contributed by atoms with Gasteiger partial charge in [0.2, 0.25) is 0 Å². The molecule has 6 heteroatoms. The maximum absolute atomic E-state index is 12.9. The molecule has 3 aromatic rings. The first-order valence-corrected chi connectivity index (χ1v) is 8.45. The molecular weight excluding hydrogens is 318 g/mol. The fourth-order valence-corrected chi connectivity index (χ4v) is 3.43. The Labute approximate surface area is 144 Å². The summed E-state index contributed by atoms with van der Waals surface area (Å²) in [6.07, 6.45) is 5.64. The van der Waals surface area contributed by atoms with Gasteiger partial charge in [-0.3, -0.25) is 14.3 Å². The van der Waals surface area contributed by atoms with Crippen LogP contribution in [0.25, 0.3) is 11.0 Å². The Morgan fingerprint density at radius 2 is 2.20 bits per heavy atom. The first kappa shape index (κ1) is 15.6. The molecule has 1 saturated heterocycles. The molecular formula is C19H19N3O3. The highest BCUT2D eigenvalue weighted by atomic mass is 16.3. The van der Waals surface area contributed by atoms with Gasteiger partial charge in [-0.05, 0) is 37.5 Å². The largest absolute Gasteiger partial charge is 0.451 e. The smallest absolute Gasteiger partial charge is 0.290 e. The molecule has 128 valence electrons. The van der Waals surface area contributed by atoms with Crippen LogP contribution in [0.4, 0.5) is 0 Å². The molecule has 1 atom stereocenters. The van der Waals surface area contributed by atoms with Crippen LogP contribution in [0, 0.1) is 6.92 Å². The van der Waals surface area contributed by atoms with E-state index in [-0.39, 0.29) is 23.1 Å². The summed E-state index contributed by atoms with van der Waals surface area (Å²) in [7, 11) is 0. The molecule has 6 nitrogen and oxygen atoms in total. The molecule has 0 aliphatic carbocycles. The van der Waals surface area contributed by atoms with E-state index in [1.54, 1.807) is 29.2 Å². The lowest BCUT2D eigenvalue weighted by Crippen LogP contribution is -2.38. The van der Waals surface area contributed by atoms with Gasteiger partial charge in [0.1, 0.15) is 5.58 Å². The van der Waals surface area contributed by atoms with Crippen LogP contribution in [0.2, 0.25) is 0 Å². The fourth-order valence-electron chi connectivity index (χ4n) is 3.43. The number of para-hydroxylation sites is 1. The number of fused-ring (bicyclic) bond motifs is 1. The molecule has 0 radical (unpaired) electrons. The molecule has 1 fully saturated rings. The Morgan fingerprint density at radius 3 is 3.00 bits per heavy atom. The van der Waals surface area contributed by atoms with Crippen molar-refractivity contribution in [3.8, 4) is 0 Å². The summed E-state index contributed by atoms with van der Waals surface area (Å²) in [4.78, 5) is 27.0. The number of aryl methyl sites for hydroxylation is 1. The van der Waals surface area contributed by atoms with Gasteiger partial charge in [0.05, 0.1) is 24.2 Å². The number of aromatic nitrogens is 2. The summed E-state index contributed by atoms with van der Waals surface area (Å²) in [6, 6.07) is 8.35. The maximum Gasteiger partial charge on any atom is 0.290 e. The average molecular weight is 337 g/mol. The van der Waals surface area contributed by atoms with E-state index in [4.69, 9.17) is 4.42 Å². The van der Waals surface area contributed by atoms with Crippen LogP contribution < -0.4 is 5.43 Å². The molecule has 1 aromatic carbocycles. The van der Waals surface area contributed by atoms with Crippen LogP contribution in [-0.2, 0) is 6.54 Å². The molecule has 1 amide bonds. The van der Waals surface area contributed by atoms with Crippen molar-refractivity contribution < 1.29 is 9.21 Å². The van der Waals surface area contributed by atoms with Crippen LogP contribution in [0.3, 0.4) is 0 Å². The minimum Gasteiger partial charge on any atom is -0.451 e. The lowest BCUT2D eigenvalue weighted by molar-refractivity contribution is 0.0690. The molecule has 2 aromatic heterocycles. The Hall–Kier alpha value is -2.89. The Bertz CT molecular complexity index is 989. The SMILES string of the molecule is Cc1cnn(CC2CCCN2C(=O)c2cc(=O)c3ccccc3o2)c1. The fraction of sp³-hybridized carbons (Fsp3) is 0.316. The second kappa shape index (κ2) is 6.20. The second-order valence-electron chi connectivity index (χ2n) is 6.51. The highest BCUT2D eigenvalue weighted by Crippen LogP contribution is 2.22. The summed E-state index contributed by atoms with van der Waals surface area (Å²) in [6.45, 7) is 3.31. The number of benzene rings is 1. The zero-order valence-electron chi connectivity index (χ0n) is 14.0. The van der Waals surface area contributed by atoms with Gasteiger partial charge < -0.3 is 9.32 Å². The zero-order valence-corrected chi connectivity index (χ0v) is 14.0. The molecule has 0 saturated carbocycles. The van der Waals surface area contributed by atoms with Gasteiger partial charge in [-0.15, -0.1) is 0 Å². The predicted octanol–water partition coefficient (Wildman–Crippen LogP) is 2.60. The van der Waals surface area contributed by atoms with Crippen LogP contribution in [0.15, 0.2) is 51.9 Å². The average Bonchev–Trinajstić information content (AvgIpc) is 3.23. The van der Waals surface area contributed by atoms with Gasteiger partial charge in [0.15, 0.2) is 11.2 Å². The molecule has 25 heavy (non-hydrogen) atoms. The van der Waals surface area contributed by atoms with Crippen molar-refractivity contribution >= 4 is 16.9 Å². The molecule has 0 bridgehead atoms. The number of carbonyl (C=O) groups excluding carboxylic acids is 1. The highest BCUT2D eigenvalue weighted by Gasteiger charge is 2.31. The van der Waals surface area contributed by atoms with E-state index in [0.29, 0.717) is 24.1 Å². The minimum absolute atomic E-state index is 0.0589. The van der Waals surface area contributed by atoms with Gasteiger partial charge >= 0.3 is 0 Å². The normalized spacial score (nSPS) is 17.3. The lowest BCUT2D eigenvalue weighted by Gasteiger charge is -2.24. The molecule has 3 heterocycles. The molecule has 1 aliphatic rings. The minimum atomic E-state index is -0.228. The van der Waals surface area contributed by atoms with E-state index in [9.17, 15) is 9.59 Å². The third kappa shape index (κ3) is 2.95. The summed E-state index contributed by atoms with van der Waals surface area (Å²) < 4.78 is 7.57. The third-order valence-corrected chi connectivity index (χ3v) is 4.64. The van der Waals surface area contributed by atoms with Crippen molar-refractivity contribution in [2.45, 2.75) is 32.4 Å². The van der Waals surface area contributed by atoms with Crippen LogP contribution in [-0.4, -0.2) is 33.2 Å². The van der Waals surface area contributed by atoms with Crippen molar-refractivity contribution in [2.75, 3.05) is 6.54 Å². The Morgan fingerprint density at radius 1 is 1.36 bits per heavy atom. The van der Waals surface area contributed by atoms with Gasteiger partial charge in [-0.1, -0.05) is 12.1 Å². The standard InChI is InChI=1S/C19H19N3O3/c1-13-10-20-21(11-13)12-14-5-4-8-22(14)19(24)18-9-16(23)15-6-2-3-7-17(15)25-18/h2-3,6-7,9-11,14H,4-5,8,12H2,1H3. The lowest BCUT2D eigenvalue weighted by atomic mass is 10.2. The van der Waals surface area contributed by atoms with Gasteiger partial charge in [0, 0.05) is 18.8 Å². The van der Waals surface area contributed by atoms with E-state index < -0.39 is 0 Å². The van der Waals surface area contributed by atoms with Gasteiger partial charge in [-0.2, -0.15) is 5.10 Å². The second-order valence-corrected chi connectivity index (χ2v) is 6.51. The molecule has 1 unspecified atom stereocenters. The van der Waals surface area contributed by atoms with E-state index in [0.717, 1.165) is 18.4 Å². The number of carbonyl (C=O) groups is 1. The monoisotopic (exact) mass is 337 g/mol. The summed E-state index contributed by atoms with van der Waals surface area (Å²) in [5.74, 6) is -0.124. The quantitative estimate of drug-likeness (QED) is 0.737. The third-order valence-electron chi connectivity index (χ3n) is 4.64. The van der Waals surface area contributed by atoms with Crippen molar-refractivity contribution in [2.24, 2.45) is 0 Å². The van der Waals surface area contributed by atoms with Crippen LogP contribution in [0.1, 0.15) is 29.0 Å². The predicted molar refractivity (Wildman–Crippen MR) is 93.5 cm³/mol. The molecule has 4 rings (SSSR count). The zero-order chi connectivity index (χ0) is 17.4. The number of amides is 1. The molecule has 0 N–H and O–H groups in total. The number of nitrogens with zero attached hydrogens (tertiary/aromatic N) is 3. The van der Waals surface area contributed by atoms with Gasteiger partial charge in [0.25, 0.3) is 5.91 Å². The van der Waals surface area contributed by atoms with Crippen LogP contribution >= 0.6 is 0 Å². The van der Waals surface area contributed by atoms with Crippen LogP contribution in [0.5, 0.6) is 0 Å². The maximum atomic E-state index is 12.9. The number of hydrogen-bond donors (Lipinski definition) is 0. The molecule has 1 aliphatic heterocycles. The first-order chi connectivity index (χ1) is 12.1. The van der Waals surface area contributed by atoms with Crippen molar-refractivity contribution in [3.63, 3.8) is 0 Å². The summed E-state index contributed by atoms with van der Waals surface area (Å²) in [5.41, 5.74) is 1.34. The summed E-state index contributed by atoms with van der Waals surface area (Å²) >= 11 is 0. The van der Waals surface area contributed by atoms with Crippen molar-refractivity contribution in [1.82, 2.24) is 14.7 Å². The van der Waals surface area contributed by atoms with E-state index in [1.807, 2.05) is 24.0 Å². The first-order valence-electron chi connectivity index (χ1n) is 8.45. The van der Waals surface area contributed by atoms with Crippen molar-refractivity contribution in [3.05, 3.63) is 64.3 Å². The highest BCUT2D eigenvalue weighted by molar-refractivity contribution is 5.93. The van der Waals surface area contributed by atoms with E-state index >= 15 is 0 Å². The number of likely N-dealkylation sites (tertiary alicyclic amines) is 1. The Balaban J connectivity index is 1.62. The number of hydrogen-bond acceptors (Lipinski definition) is 4. The number of rotatable bonds is 3. The van der Waals surface area contributed by atoms with Gasteiger partial charge in [-0.25, -0.2) is 0 Å². The van der Waals surface area contributed by atoms with E-state index in [1.165, 1.54) is 6.07 Å². The summed E-state index contributed by atoms with van der Waals surface area (Å²) in [5, 5.41) is 4.80.